The van der Waals surface area contributed by atoms with Crippen molar-refractivity contribution in [1.82, 2.24) is 0 Å². The Kier molecular flexibility index (Phi) is 8.08. The second-order valence-corrected chi connectivity index (χ2v) is 6.05. The van der Waals surface area contributed by atoms with Crippen molar-refractivity contribution in [2.75, 3.05) is 0 Å². The minimum absolute atomic E-state index is 0.173. The summed E-state index contributed by atoms with van der Waals surface area (Å²) in [5.41, 5.74) is 0. The molecule has 0 bridgehead atoms. The van der Waals surface area contributed by atoms with Crippen molar-refractivity contribution >= 4 is 5.97 Å². The molecule has 1 aliphatic rings. The third-order valence-corrected chi connectivity index (χ3v) is 3.86. The molecule has 0 amide bonds. The molecule has 1 fully saturated rings. The number of esters is 1. The van der Waals surface area contributed by atoms with Crippen LogP contribution in [0.25, 0.3) is 0 Å². The smallest absolute Gasteiger partial charge is 0.308 e. The molecule has 0 radical (unpaired) electrons. The second-order valence-electron chi connectivity index (χ2n) is 6.05. The Bertz CT molecular complexity index is 253. The van der Waals surface area contributed by atoms with E-state index in [1.54, 1.807) is 13.8 Å². The van der Waals surface area contributed by atoms with Gasteiger partial charge in [-0.3, -0.25) is 4.79 Å². The van der Waals surface area contributed by atoms with Crippen molar-refractivity contribution in [3.8, 4) is 0 Å². The van der Waals surface area contributed by atoms with Gasteiger partial charge in [-0.15, -0.1) is 0 Å². The highest BCUT2D eigenvalue weighted by Gasteiger charge is 2.25. The van der Waals surface area contributed by atoms with Crippen molar-refractivity contribution in [3.63, 3.8) is 0 Å². The Labute approximate surface area is 117 Å². The molecule has 0 heterocycles. The number of alkyl halides is 1. The van der Waals surface area contributed by atoms with Crippen LogP contribution >= 0.6 is 0 Å². The molecule has 2 nitrogen and oxygen atoms in total. The summed E-state index contributed by atoms with van der Waals surface area (Å²) in [7, 11) is 0. The highest BCUT2D eigenvalue weighted by molar-refractivity contribution is 5.71. The van der Waals surface area contributed by atoms with Crippen LogP contribution in [0.2, 0.25) is 0 Å². The number of rotatable bonds is 2. The lowest BCUT2D eigenvalue weighted by molar-refractivity contribution is -0.157. The van der Waals surface area contributed by atoms with Crippen LogP contribution in [0, 0.1) is 5.92 Å². The zero-order valence-corrected chi connectivity index (χ0v) is 12.5. The lowest BCUT2D eigenvalue weighted by Crippen LogP contribution is -2.30. The summed E-state index contributed by atoms with van der Waals surface area (Å²) in [5, 5.41) is 0. The van der Waals surface area contributed by atoms with Crippen molar-refractivity contribution in [1.29, 1.82) is 0 Å². The van der Waals surface area contributed by atoms with Crippen LogP contribution in [0.4, 0.5) is 4.39 Å². The van der Waals surface area contributed by atoms with Crippen LogP contribution in [0.5, 0.6) is 0 Å². The van der Waals surface area contributed by atoms with Gasteiger partial charge in [0, 0.05) is 0 Å². The lowest BCUT2D eigenvalue weighted by atomic mass is 9.98. The summed E-state index contributed by atoms with van der Waals surface area (Å²) in [6, 6.07) is 0. The summed E-state index contributed by atoms with van der Waals surface area (Å²) >= 11 is 0. The normalized spacial score (nSPS) is 27.4. The van der Waals surface area contributed by atoms with E-state index in [4.69, 9.17) is 4.74 Å². The van der Waals surface area contributed by atoms with Crippen molar-refractivity contribution in [3.05, 3.63) is 0 Å². The van der Waals surface area contributed by atoms with Crippen LogP contribution in [0.1, 0.15) is 78.1 Å². The molecular formula is C16H29FO2. The Morgan fingerprint density at radius 2 is 1.42 bits per heavy atom. The highest BCUT2D eigenvalue weighted by atomic mass is 19.1. The van der Waals surface area contributed by atoms with Crippen LogP contribution in [0.3, 0.4) is 0 Å². The number of carbonyl (C=O) groups is 1. The van der Waals surface area contributed by atoms with Crippen LogP contribution < -0.4 is 0 Å². The number of ether oxygens (including phenoxy) is 1. The van der Waals surface area contributed by atoms with Gasteiger partial charge in [0.25, 0.3) is 0 Å². The Morgan fingerprint density at radius 3 is 1.95 bits per heavy atom. The summed E-state index contributed by atoms with van der Waals surface area (Å²) in [4.78, 5) is 11.6. The monoisotopic (exact) mass is 272 g/mol. The number of hydrogen-bond acceptors (Lipinski definition) is 2. The Balaban J connectivity index is 2.48. The fourth-order valence-electron chi connectivity index (χ4n) is 2.53. The van der Waals surface area contributed by atoms with E-state index in [0.717, 1.165) is 25.7 Å². The molecule has 1 saturated carbocycles. The van der Waals surface area contributed by atoms with Gasteiger partial charge in [0.1, 0.15) is 12.3 Å². The third kappa shape index (κ3) is 6.93. The average molecular weight is 272 g/mol. The van der Waals surface area contributed by atoms with Gasteiger partial charge in [-0.2, -0.15) is 0 Å². The maximum absolute atomic E-state index is 14.2. The van der Waals surface area contributed by atoms with Gasteiger partial charge in [-0.05, 0) is 19.3 Å². The first kappa shape index (κ1) is 16.5. The predicted molar refractivity (Wildman–Crippen MR) is 75.8 cm³/mol. The molecule has 19 heavy (non-hydrogen) atoms. The summed E-state index contributed by atoms with van der Waals surface area (Å²) in [5.74, 6) is -0.437. The van der Waals surface area contributed by atoms with Gasteiger partial charge >= 0.3 is 5.97 Å². The SMILES string of the molecule is CC(C)C(=O)OC1CCCCCCCCCC[C@@H]1F. The van der Waals surface area contributed by atoms with Gasteiger partial charge in [0.2, 0.25) is 0 Å². The van der Waals surface area contributed by atoms with E-state index in [0.29, 0.717) is 12.8 Å². The number of carbonyl (C=O) groups excluding carboxylic acids is 1. The summed E-state index contributed by atoms with van der Waals surface area (Å²) < 4.78 is 19.5. The van der Waals surface area contributed by atoms with E-state index in [2.05, 4.69) is 0 Å². The minimum Gasteiger partial charge on any atom is -0.459 e. The molecule has 3 heteroatoms. The van der Waals surface area contributed by atoms with Gasteiger partial charge in [0.15, 0.2) is 0 Å². The topological polar surface area (TPSA) is 26.3 Å². The number of halogens is 1. The van der Waals surface area contributed by atoms with E-state index in [1.165, 1.54) is 25.7 Å². The minimum atomic E-state index is -0.984. The molecule has 1 aliphatic carbocycles. The van der Waals surface area contributed by atoms with Gasteiger partial charge in [0.05, 0.1) is 5.92 Å². The van der Waals surface area contributed by atoms with E-state index < -0.39 is 12.3 Å². The van der Waals surface area contributed by atoms with Crippen LogP contribution in [0.15, 0.2) is 0 Å². The average Bonchev–Trinajstić information content (AvgIpc) is 2.37. The Hall–Kier alpha value is -0.600. The first-order chi connectivity index (χ1) is 9.11. The predicted octanol–water partition coefficient (Wildman–Crippen LogP) is 4.81. The molecule has 0 N–H and O–H groups in total. The lowest BCUT2D eigenvalue weighted by Gasteiger charge is -2.23. The van der Waals surface area contributed by atoms with E-state index >= 15 is 0 Å². The van der Waals surface area contributed by atoms with Crippen LogP contribution in [-0.4, -0.2) is 18.2 Å². The highest BCUT2D eigenvalue weighted by Crippen LogP contribution is 2.22. The van der Waals surface area contributed by atoms with Crippen molar-refractivity contribution in [2.45, 2.75) is 90.3 Å². The van der Waals surface area contributed by atoms with Crippen LogP contribution in [-0.2, 0) is 9.53 Å². The first-order valence-corrected chi connectivity index (χ1v) is 7.96. The molecule has 0 aromatic rings. The molecule has 0 aromatic heterocycles. The molecule has 2 atom stereocenters. The van der Waals surface area contributed by atoms with Crippen molar-refractivity contribution < 1.29 is 13.9 Å². The fourth-order valence-corrected chi connectivity index (χ4v) is 2.53. The van der Waals surface area contributed by atoms with E-state index in [1.807, 2.05) is 0 Å². The third-order valence-electron chi connectivity index (χ3n) is 3.86. The van der Waals surface area contributed by atoms with Gasteiger partial charge < -0.3 is 4.74 Å². The van der Waals surface area contributed by atoms with E-state index in [-0.39, 0.29) is 11.9 Å². The molecule has 1 rings (SSSR count). The molecule has 1 unspecified atom stereocenters. The van der Waals surface area contributed by atoms with E-state index in [9.17, 15) is 9.18 Å². The zero-order valence-electron chi connectivity index (χ0n) is 12.5. The summed E-state index contributed by atoms with van der Waals surface area (Å²) in [6.07, 6.45) is 8.83. The fraction of sp³-hybridized carbons (Fsp3) is 0.938. The van der Waals surface area contributed by atoms with Gasteiger partial charge in [-0.1, -0.05) is 58.8 Å². The summed E-state index contributed by atoms with van der Waals surface area (Å²) in [6.45, 7) is 3.59. The second kappa shape index (κ2) is 9.33. The standard InChI is InChI=1S/C16H29FO2/c1-13(2)16(18)19-15-12-10-8-6-4-3-5-7-9-11-14(15)17/h13-15H,3-12H2,1-2H3/t14-,15?/m0/s1. The molecule has 0 aromatic carbocycles. The molecule has 112 valence electrons. The molecular weight excluding hydrogens is 243 g/mol. The quantitative estimate of drug-likeness (QED) is 0.674. The maximum atomic E-state index is 14.2. The number of hydrogen-bond donors (Lipinski definition) is 0. The van der Waals surface area contributed by atoms with Gasteiger partial charge in [-0.25, -0.2) is 4.39 Å². The van der Waals surface area contributed by atoms with Crippen molar-refractivity contribution in [2.24, 2.45) is 5.92 Å². The maximum Gasteiger partial charge on any atom is 0.308 e. The zero-order chi connectivity index (χ0) is 14.1. The molecule has 0 aliphatic heterocycles. The molecule has 0 saturated heterocycles. The Morgan fingerprint density at radius 1 is 0.947 bits per heavy atom. The first-order valence-electron chi connectivity index (χ1n) is 7.96. The largest absolute Gasteiger partial charge is 0.459 e. The molecule has 0 spiro atoms.